The number of nitrogens with one attached hydrogen (secondary N) is 1. The molecule has 0 radical (unpaired) electrons. The van der Waals surface area contributed by atoms with Crippen molar-refractivity contribution in [3.05, 3.63) is 63.7 Å². The highest BCUT2D eigenvalue weighted by Crippen LogP contribution is 2.34. The summed E-state index contributed by atoms with van der Waals surface area (Å²) in [5.41, 5.74) is 4.03. The van der Waals surface area contributed by atoms with Crippen LogP contribution in [0.2, 0.25) is 0 Å². The minimum absolute atomic E-state index is 0.176. The van der Waals surface area contributed by atoms with Crippen molar-refractivity contribution < 1.29 is 9.47 Å². The Morgan fingerprint density at radius 2 is 1.96 bits per heavy atom. The normalized spacial score (nSPS) is 12.6. The van der Waals surface area contributed by atoms with Crippen LogP contribution in [0.15, 0.2) is 41.3 Å². The number of benzene rings is 1. The van der Waals surface area contributed by atoms with Crippen molar-refractivity contribution in [3.8, 4) is 28.5 Å². The lowest BCUT2D eigenvalue weighted by atomic mass is 10.0. The van der Waals surface area contributed by atoms with Gasteiger partial charge in [0.15, 0.2) is 0 Å². The van der Waals surface area contributed by atoms with Crippen LogP contribution in [-0.4, -0.2) is 21.8 Å². The van der Waals surface area contributed by atoms with Crippen LogP contribution >= 0.6 is 0 Å². The molecule has 0 fully saturated rings. The van der Waals surface area contributed by atoms with Crippen LogP contribution in [0, 0.1) is 13.8 Å². The molecule has 0 saturated carbocycles. The first kappa shape index (κ1) is 15.4. The molecule has 6 nitrogen and oxygen atoms in total. The summed E-state index contributed by atoms with van der Waals surface area (Å²) in [6, 6.07) is 9.43. The zero-order valence-corrected chi connectivity index (χ0v) is 14.0. The van der Waals surface area contributed by atoms with Crippen LogP contribution in [0.25, 0.3) is 11.1 Å². The third kappa shape index (κ3) is 2.76. The van der Waals surface area contributed by atoms with Crippen molar-refractivity contribution in [1.82, 2.24) is 15.2 Å². The molecule has 1 N–H and O–H groups in total. The van der Waals surface area contributed by atoms with Gasteiger partial charge in [-0.25, -0.2) is 10.1 Å². The summed E-state index contributed by atoms with van der Waals surface area (Å²) >= 11 is 0. The van der Waals surface area contributed by atoms with Crippen LogP contribution in [0.4, 0.5) is 0 Å². The lowest BCUT2D eigenvalue weighted by Crippen LogP contribution is -2.14. The molecule has 126 valence electrons. The maximum Gasteiger partial charge on any atom is 0.267 e. The molecular weight excluding hydrogens is 318 g/mol. The second-order valence-corrected chi connectivity index (χ2v) is 5.96. The Kier molecular flexibility index (Phi) is 3.72. The number of H-pyrrole nitrogens is 1. The molecule has 3 heterocycles. The molecule has 0 bridgehead atoms. The standard InChI is InChI=1S/C19H17N3O3/c1-11-17(12(2)21-22-18(11)23)13-3-5-14(6-4-13)25-19-15-8-10-24-16(15)7-9-20-19/h3-7,9H,8,10H2,1-2H3,(H,22,23). The number of nitrogens with zero attached hydrogens (tertiary/aromatic N) is 2. The van der Waals surface area contributed by atoms with Crippen LogP contribution in [0.3, 0.4) is 0 Å². The molecule has 0 atom stereocenters. The van der Waals surface area contributed by atoms with Gasteiger partial charge in [0.2, 0.25) is 5.88 Å². The summed E-state index contributed by atoms with van der Waals surface area (Å²) in [5, 5.41) is 6.55. The molecule has 25 heavy (non-hydrogen) atoms. The molecule has 6 heteroatoms. The monoisotopic (exact) mass is 335 g/mol. The van der Waals surface area contributed by atoms with E-state index in [1.807, 2.05) is 37.3 Å². The van der Waals surface area contributed by atoms with Gasteiger partial charge in [0, 0.05) is 23.7 Å². The number of hydrogen-bond acceptors (Lipinski definition) is 5. The molecule has 1 aliphatic heterocycles. The molecule has 3 aromatic rings. The minimum Gasteiger partial charge on any atom is -0.493 e. The van der Waals surface area contributed by atoms with Gasteiger partial charge in [-0.2, -0.15) is 5.10 Å². The van der Waals surface area contributed by atoms with E-state index in [1.54, 1.807) is 13.1 Å². The van der Waals surface area contributed by atoms with Gasteiger partial charge < -0.3 is 9.47 Å². The number of rotatable bonds is 3. The average molecular weight is 335 g/mol. The quantitative estimate of drug-likeness (QED) is 0.795. The third-order valence-corrected chi connectivity index (χ3v) is 4.34. The van der Waals surface area contributed by atoms with Crippen LogP contribution in [-0.2, 0) is 6.42 Å². The first-order chi connectivity index (χ1) is 12.1. The Hall–Kier alpha value is -3.15. The maximum absolute atomic E-state index is 11.8. The van der Waals surface area contributed by atoms with Crippen LogP contribution in [0.5, 0.6) is 17.4 Å². The molecule has 0 aliphatic carbocycles. The number of aromatic amines is 1. The molecule has 0 unspecified atom stereocenters. The molecule has 1 aromatic carbocycles. The van der Waals surface area contributed by atoms with Crippen molar-refractivity contribution in [2.24, 2.45) is 0 Å². The highest BCUT2D eigenvalue weighted by Gasteiger charge is 2.18. The molecule has 1 aliphatic rings. The van der Waals surface area contributed by atoms with Gasteiger partial charge in [-0.15, -0.1) is 0 Å². The van der Waals surface area contributed by atoms with Crippen LogP contribution < -0.4 is 15.0 Å². The summed E-state index contributed by atoms with van der Waals surface area (Å²) in [6.07, 6.45) is 2.48. The lowest BCUT2D eigenvalue weighted by Gasteiger charge is -2.10. The predicted molar refractivity (Wildman–Crippen MR) is 93.3 cm³/mol. The Bertz CT molecular complexity index is 994. The van der Waals surface area contributed by atoms with E-state index in [0.29, 0.717) is 23.8 Å². The molecule has 4 rings (SSSR count). The van der Waals surface area contributed by atoms with Gasteiger partial charge in [-0.3, -0.25) is 4.79 Å². The predicted octanol–water partition coefficient (Wildman–Crippen LogP) is 3.18. The first-order valence-corrected chi connectivity index (χ1v) is 8.08. The van der Waals surface area contributed by atoms with E-state index in [-0.39, 0.29) is 5.56 Å². The molecule has 0 saturated heterocycles. The fourth-order valence-corrected chi connectivity index (χ4v) is 3.06. The highest BCUT2D eigenvalue weighted by molar-refractivity contribution is 5.69. The zero-order chi connectivity index (χ0) is 17.4. The summed E-state index contributed by atoms with van der Waals surface area (Å²) in [6.45, 7) is 4.33. The minimum atomic E-state index is -0.176. The van der Waals surface area contributed by atoms with E-state index in [1.165, 1.54) is 0 Å². The molecular formula is C19H17N3O3. The van der Waals surface area contributed by atoms with Crippen molar-refractivity contribution >= 4 is 0 Å². The Morgan fingerprint density at radius 1 is 1.16 bits per heavy atom. The maximum atomic E-state index is 11.8. The second kappa shape index (κ2) is 6.05. The first-order valence-electron chi connectivity index (χ1n) is 8.08. The van der Waals surface area contributed by atoms with Crippen molar-refractivity contribution in [2.75, 3.05) is 6.61 Å². The highest BCUT2D eigenvalue weighted by atomic mass is 16.5. The summed E-state index contributed by atoms with van der Waals surface area (Å²) in [5.74, 6) is 2.10. The van der Waals surface area contributed by atoms with E-state index in [2.05, 4.69) is 15.2 Å². The summed E-state index contributed by atoms with van der Waals surface area (Å²) in [4.78, 5) is 16.1. The van der Waals surface area contributed by atoms with E-state index in [0.717, 1.165) is 34.6 Å². The smallest absolute Gasteiger partial charge is 0.267 e. The zero-order valence-electron chi connectivity index (χ0n) is 14.0. The Morgan fingerprint density at radius 3 is 2.76 bits per heavy atom. The van der Waals surface area contributed by atoms with Gasteiger partial charge >= 0.3 is 0 Å². The number of fused-ring (bicyclic) bond motifs is 1. The topological polar surface area (TPSA) is 77.1 Å². The molecule has 0 amide bonds. The fourth-order valence-electron chi connectivity index (χ4n) is 3.06. The van der Waals surface area contributed by atoms with Gasteiger partial charge in [-0.05, 0) is 37.6 Å². The van der Waals surface area contributed by atoms with Gasteiger partial charge in [0.25, 0.3) is 5.56 Å². The molecule has 2 aromatic heterocycles. The van der Waals surface area contributed by atoms with Gasteiger partial charge in [0.1, 0.15) is 11.5 Å². The van der Waals surface area contributed by atoms with Crippen molar-refractivity contribution in [1.29, 1.82) is 0 Å². The van der Waals surface area contributed by atoms with Crippen molar-refractivity contribution in [2.45, 2.75) is 20.3 Å². The van der Waals surface area contributed by atoms with E-state index >= 15 is 0 Å². The largest absolute Gasteiger partial charge is 0.493 e. The number of aromatic nitrogens is 3. The summed E-state index contributed by atoms with van der Waals surface area (Å²) < 4.78 is 11.5. The Balaban J connectivity index is 1.65. The number of hydrogen-bond donors (Lipinski definition) is 1. The molecule has 0 spiro atoms. The number of aryl methyl sites for hydroxylation is 1. The Labute approximate surface area is 144 Å². The summed E-state index contributed by atoms with van der Waals surface area (Å²) in [7, 11) is 0. The fraction of sp³-hybridized carbons (Fsp3) is 0.211. The number of ether oxygens (including phenoxy) is 2. The third-order valence-electron chi connectivity index (χ3n) is 4.34. The van der Waals surface area contributed by atoms with E-state index in [4.69, 9.17) is 9.47 Å². The average Bonchev–Trinajstić information content (AvgIpc) is 3.10. The lowest BCUT2D eigenvalue weighted by molar-refractivity contribution is 0.356. The van der Waals surface area contributed by atoms with Gasteiger partial charge in [-0.1, -0.05) is 12.1 Å². The van der Waals surface area contributed by atoms with Gasteiger partial charge in [0.05, 0.1) is 17.9 Å². The second-order valence-electron chi connectivity index (χ2n) is 5.96. The van der Waals surface area contributed by atoms with E-state index in [9.17, 15) is 4.79 Å². The SMILES string of the molecule is Cc1n[nH]c(=O)c(C)c1-c1ccc(Oc2nccc3c2CCO3)cc1. The van der Waals surface area contributed by atoms with Crippen LogP contribution in [0.1, 0.15) is 16.8 Å². The van der Waals surface area contributed by atoms with E-state index < -0.39 is 0 Å². The van der Waals surface area contributed by atoms with Crippen molar-refractivity contribution in [3.63, 3.8) is 0 Å². The number of pyridine rings is 1.